The van der Waals surface area contributed by atoms with E-state index < -0.39 is 16.0 Å². The van der Waals surface area contributed by atoms with Gasteiger partial charge >= 0.3 is 0 Å². The molecule has 10 heteroatoms. The van der Waals surface area contributed by atoms with E-state index >= 15 is 0 Å². The zero-order valence-electron chi connectivity index (χ0n) is 18.1. The van der Waals surface area contributed by atoms with E-state index in [2.05, 4.69) is 5.32 Å². The van der Waals surface area contributed by atoms with Crippen molar-refractivity contribution in [2.75, 3.05) is 23.9 Å². The Hall–Kier alpha value is -4.28. The average molecular weight is 482 g/mol. The molecule has 0 unspecified atom stereocenters. The number of hydrogen-bond acceptors (Lipinski definition) is 7. The number of carbonyl (C=O) groups excluding carboxylic acids is 1. The van der Waals surface area contributed by atoms with Gasteiger partial charge < -0.3 is 26.6 Å². The van der Waals surface area contributed by atoms with Gasteiger partial charge in [-0.3, -0.25) is 9.35 Å². The van der Waals surface area contributed by atoms with Crippen LogP contribution >= 0.6 is 0 Å². The lowest BCUT2D eigenvalue weighted by molar-refractivity contribution is 0.102. The molecule has 0 atom stereocenters. The van der Waals surface area contributed by atoms with Crippen molar-refractivity contribution < 1.29 is 27.6 Å². The van der Waals surface area contributed by atoms with Gasteiger partial charge in [0.2, 0.25) is 0 Å². The van der Waals surface area contributed by atoms with Gasteiger partial charge in [-0.05, 0) is 47.9 Å². The highest BCUT2D eigenvalue weighted by molar-refractivity contribution is 7.85. The maximum Gasteiger partial charge on any atom is 0.294 e. The number of nitrogen functional groups attached to an aromatic ring is 2. The molecule has 9 nitrogen and oxygen atoms in total. The van der Waals surface area contributed by atoms with Crippen LogP contribution in [0.5, 0.6) is 11.5 Å². The molecule has 0 aliphatic rings. The van der Waals surface area contributed by atoms with Gasteiger partial charge in [-0.2, -0.15) is 8.42 Å². The van der Waals surface area contributed by atoms with E-state index in [-0.39, 0.29) is 21.9 Å². The summed E-state index contributed by atoms with van der Waals surface area (Å²) in [6, 6.07) is 21.3. The van der Waals surface area contributed by atoms with Gasteiger partial charge in [-0.25, -0.2) is 0 Å². The van der Waals surface area contributed by atoms with E-state index in [1.54, 1.807) is 36.4 Å². The van der Waals surface area contributed by atoms with Crippen molar-refractivity contribution in [2.45, 2.75) is 4.90 Å². The van der Waals surface area contributed by atoms with Crippen LogP contribution in [-0.4, -0.2) is 31.1 Å². The summed E-state index contributed by atoms with van der Waals surface area (Å²) < 4.78 is 34.6. The number of para-hydroxylation sites is 2. The second-order valence-electron chi connectivity index (χ2n) is 7.11. The molecule has 1 amide bonds. The van der Waals surface area contributed by atoms with Crippen molar-refractivity contribution in [3.05, 3.63) is 84.4 Å². The Balaban J connectivity index is 0.000000248. The number of phenols is 1. The third-order valence-electron chi connectivity index (χ3n) is 4.84. The van der Waals surface area contributed by atoms with E-state index in [1.807, 2.05) is 18.2 Å². The number of ether oxygens (including phenoxy) is 1. The van der Waals surface area contributed by atoms with Crippen molar-refractivity contribution in [3.8, 4) is 11.5 Å². The molecule has 0 spiro atoms. The zero-order chi connectivity index (χ0) is 24.9. The maximum absolute atomic E-state index is 12.5. The minimum absolute atomic E-state index is 0.118. The highest BCUT2D eigenvalue weighted by Gasteiger charge is 2.17. The molecular formula is C24H23N3O6S. The number of rotatable bonds is 4. The molecule has 0 radical (unpaired) electrons. The summed E-state index contributed by atoms with van der Waals surface area (Å²) in [4.78, 5) is 12.4. The second-order valence-corrected chi connectivity index (χ2v) is 8.53. The number of carbonyl (C=O) groups is 1. The molecule has 0 aromatic heterocycles. The lowest BCUT2D eigenvalue weighted by Gasteiger charge is -2.13. The largest absolute Gasteiger partial charge is 0.505 e. The number of fused-ring (bicyclic) bond motifs is 1. The molecule has 0 saturated heterocycles. The van der Waals surface area contributed by atoms with E-state index in [9.17, 15) is 18.3 Å². The molecule has 0 heterocycles. The minimum atomic E-state index is -4.08. The Bertz CT molecular complexity index is 1440. The Morgan fingerprint density at radius 1 is 0.941 bits per heavy atom. The van der Waals surface area contributed by atoms with Crippen molar-refractivity contribution in [1.29, 1.82) is 0 Å². The van der Waals surface area contributed by atoms with Gasteiger partial charge in [0.15, 0.2) is 5.75 Å². The first-order chi connectivity index (χ1) is 16.1. The molecular weight excluding hydrogens is 458 g/mol. The normalized spacial score (nSPS) is 10.8. The zero-order valence-corrected chi connectivity index (χ0v) is 18.9. The van der Waals surface area contributed by atoms with Crippen LogP contribution < -0.4 is 21.5 Å². The van der Waals surface area contributed by atoms with Crippen molar-refractivity contribution >= 4 is 43.9 Å². The predicted molar refractivity (Wildman–Crippen MR) is 132 cm³/mol. The summed E-state index contributed by atoms with van der Waals surface area (Å²) in [5.74, 6) is -0.144. The molecule has 4 aromatic carbocycles. The Morgan fingerprint density at radius 3 is 2.21 bits per heavy atom. The van der Waals surface area contributed by atoms with E-state index in [1.165, 1.54) is 31.4 Å². The summed E-state index contributed by atoms with van der Waals surface area (Å²) in [5.41, 5.74) is 12.5. The number of hydrogen-bond donors (Lipinski definition) is 5. The number of anilines is 3. The Morgan fingerprint density at radius 2 is 1.56 bits per heavy atom. The highest BCUT2D eigenvalue weighted by atomic mass is 32.2. The molecule has 7 N–H and O–H groups in total. The lowest BCUT2D eigenvalue weighted by Crippen LogP contribution is -2.13. The Labute approximate surface area is 196 Å². The fourth-order valence-electron chi connectivity index (χ4n) is 3.12. The van der Waals surface area contributed by atoms with Crippen LogP contribution in [0.15, 0.2) is 83.8 Å². The number of methoxy groups -OCH3 is 1. The minimum Gasteiger partial charge on any atom is -0.505 e. The molecule has 0 fully saturated rings. The van der Waals surface area contributed by atoms with Crippen LogP contribution in [0.4, 0.5) is 17.1 Å². The van der Waals surface area contributed by atoms with Crippen molar-refractivity contribution in [1.82, 2.24) is 0 Å². The van der Waals surface area contributed by atoms with E-state index in [0.717, 1.165) is 5.39 Å². The molecule has 176 valence electrons. The summed E-state index contributed by atoms with van der Waals surface area (Å²) in [6.07, 6.45) is 0. The van der Waals surface area contributed by atoms with Crippen molar-refractivity contribution in [3.63, 3.8) is 0 Å². The summed E-state index contributed by atoms with van der Waals surface area (Å²) in [5, 5.41) is 14.5. The number of aromatic hydroxyl groups is 1. The Kier molecular flexibility index (Phi) is 7.24. The SMILES string of the molecule is COc1ccccc1NC(=O)c1cc2ccccc2c(N)c1O.Nc1ccc(S(=O)(=O)O)cc1. The number of amides is 1. The first-order valence-electron chi connectivity index (χ1n) is 9.89. The average Bonchev–Trinajstić information content (AvgIpc) is 2.82. The number of benzene rings is 4. The smallest absolute Gasteiger partial charge is 0.294 e. The predicted octanol–water partition coefficient (Wildman–Crippen LogP) is 3.90. The first kappa shape index (κ1) is 24.4. The van der Waals surface area contributed by atoms with Gasteiger partial charge in [0.05, 0.1) is 28.9 Å². The van der Waals surface area contributed by atoms with Gasteiger partial charge in [0, 0.05) is 11.1 Å². The molecule has 0 saturated carbocycles. The van der Waals surface area contributed by atoms with Crippen LogP contribution in [0.3, 0.4) is 0 Å². The fraction of sp³-hybridized carbons (Fsp3) is 0.0417. The van der Waals surface area contributed by atoms with E-state index in [4.69, 9.17) is 20.8 Å². The molecule has 4 rings (SSSR count). The second kappa shape index (κ2) is 10.1. The van der Waals surface area contributed by atoms with Gasteiger partial charge in [0.1, 0.15) is 5.75 Å². The van der Waals surface area contributed by atoms with Crippen LogP contribution in [0.2, 0.25) is 0 Å². The topological polar surface area (TPSA) is 165 Å². The summed E-state index contributed by atoms with van der Waals surface area (Å²) in [6.45, 7) is 0. The van der Waals surface area contributed by atoms with E-state index in [0.29, 0.717) is 22.5 Å². The summed E-state index contributed by atoms with van der Waals surface area (Å²) in [7, 11) is -2.55. The maximum atomic E-state index is 12.5. The molecule has 0 aliphatic carbocycles. The number of nitrogens with one attached hydrogen (secondary N) is 1. The molecule has 0 bridgehead atoms. The third kappa shape index (κ3) is 5.55. The van der Waals surface area contributed by atoms with Gasteiger partial charge in [-0.15, -0.1) is 0 Å². The quantitative estimate of drug-likeness (QED) is 0.166. The fourth-order valence-corrected chi connectivity index (χ4v) is 3.60. The van der Waals surface area contributed by atoms with Crippen LogP contribution in [0.25, 0.3) is 10.8 Å². The number of nitrogens with two attached hydrogens (primary N) is 2. The third-order valence-corrected chi connectivity index (χ3v) is 5.71. The standard InChI is InChI=1S/C18H16N2O3.C6H7NO3S/c1-23-15-9-5-4-8-14(15)20-18(22)13-10-11-6-2-3-7-12(11)16(19)17(13)21;7-5-1-3-6(4-2-5)11(8,9)10/h2-10,21H,19H2,1H3,(H,20,22);1-4H,7H2,(H,8,9,10). The first-order valence-corrected chi connectivity index (χ1v) is 11.3. The molecule has 0 aliphatic heterocycles. The summed E-state index contributed by atoms with van der Waals surface area (Å²) >= 11 is 0. The van der Waals surface area contributed by atoms with Crippen LogP contribution in [-0.2, 0) is 10.1 Å². The monoisotopic (exact) mass is 481 g/mol. The van der Waals surface area contributed by atoms with Gasteiger partial charge in [-0.1, -0.05) is 36.4 Å². The van der Waals surface area contributed by atoms with Crippen molar-refractivity contribution in [2.24, 2.45) is 0 Å². The van der Waals surface area contributed by atoms with Crippen LogP contribution in [0, 0.1) is 0 Å². The highest BCUT2D eigenvalue weighted by Crippen LogP contribution is 2.34. The molecule has 4 aromatic rings. The van der Waals surface area contributed by atoms with Crippen LogP contribution in [0.1, 0.15) is 10.4 Å². The lowest BCUT2D eigenvalue weighted by atomic mass is 10.0. The number of phenolic OH excluding ortho intramolecular Hbond substituents is 1. The molecule has 34 heavy (non-hydrogen) atoms. The van der Waals surface area contributed by atoms with Gasteiger partial charge in [0.25, 0.3) is 16.0 Å².